The van der Waals surface area contributed by atoms with Gasteiger partial charge in [0.1, 0.15) is 6.54 Å². The number of aromatic nitrogens is 4. The van der Waals surface area contributed by atoms with Crippen LogP contribution in [0.2, 0.25) is 0 Å². The molecule has 0 aliphatic heterocycles. The van der Waals surface area contributed by atoms with Gasteiger partial charge in [0.05, 0.1) is 6.20 Å². The molecule has 0 aliphatic carbocycles. The highest BCUT2D eigenvalue weighted by Crippen LogP contribution is 2.31. The van der Waals surface area contributed by atoms with Crippen molar-refractivity contribution in [3.63, 3.8) is 0 Å². The van der Waals surface area contributed by atoms with Crippen LogP contribution in [-0.4, -0.2) is 31.2 Å². The average molecular weight is 262 g/mol. The van der Waals surface area contributed by atoms with E-state index in [9.17, 15) is 18.0 Å². The number of alkyl halides is 3. The fraction of sp³-hybridized carbons (Fsp3) is 0.250. The minimum Gasteiger partial charge on any atom is -0.476 e. The van der Waals surface area contributed by atoms with Crippen LogP contribution in [0.1, 0.15) is 21.9 Å². The van der Waals surface area contributed by atoms with Crippen LogP contribution in [0.3, 0.4) is 0 Å². The summed E-state index contributed by atoms with van der Waals surface area (Å²) in [7, 11) is 0. The maximum atomic E-state index is 12.7. The lowest BCUT2D eigenvalue weighted by molar-refractivity contribution is -0.144. The lowest BCUT2D eigenvalue weighted by Crippen LogP contribution is -2.18. The second-order valence-electron chi connectivity index (χ2n) is 3.23. The van der Waals surface area contributed by atoms with Crippen LogP contribution in [0.15, 0.2) is 16.8 Å². The normalized spacial score (nSPS) is 11.7. The fourth-order valence-electron chi connectivity index (χ4n) is 1.32. The Balaban J connectivity index is 2.45. The Morgan fingerprint density at radius 2 is 2.22 bits per heavy atom. The van der Waals surface area contributed by atoms with Crippen LogP contribution in [0.4, 0.5) is 13.2 Å². The number of carboxylic acid groups (broad SMARTS) is 1. The lowest BCUT2D eigenvalue weighted by atomic mass is 10.3. The molecule has 0 saturated heterocycles. The van der Waals surface area contributed by atoms with Crippen molar-refractivity contribution in [1.82, 2.24) is 20.2 Å². The van der Waals surface area contributed by atoms with E-state index in [1.165, 1.54) is 12.3 Å². The molecule has 18 heavy (non-hydrogen) atoms. The second-order valence-corrected chi connectivity index (χ2v) is 3.23. The molecular weight excluding hydrogens is 257 g/mol. The van der Waals surface area contributed by atoms with Crippen molar-refractivity contribution in [2.75, 3.05) is 0 Å². The maximum Gasteiger partial charge on any atom is 0.435 e. The van der Waals surface area contributed by atoms with Gasteiger partial charge >= 0.3 is 12.1 Å². The lowest BCUT2D eigenvalue weighted by Gasteiger charge is -2.08. The van der Waals surface area contributed by atoms with Crippen molar-refractivity contribution in [1.29, 1.82) is 0 Å². The van der Waals surface area contributed by atoms with E-state index in [1.807, 2.05) is 0 Å². The first kappa shape index (κ1) is 12.1. The molecule has 0 bridgehead atoms. The molecule has 2 rings (SSSR count). The predicted molar refractivity (Wildman–Crippen MR) is 47.6 cm³/mol. The second kappa shape index (κ2) is 4.13. The summed E-state index contributed by atoms with van der Waals surface area (Å²) in [6.07, 6.45) is -3.63. The highest BCUT2D eigenvalue weighted by molar-refractivity contribution is 5.86. The molecule has 0 aliphatic rings. The molecule has 0 spiro atoms. The van der Waals surface area contributed by atoms with E-state index in [2.05, 4.69) is 20.0 Å². The molecule has 2 aromatic rings. The number of aromatic carboxylic acids is 1. The van der Waals surface area contributed by atoms with Crippen molar-refractivity contribution < 1.29 is 27.6 Å². The zero-order valence-corrected chi connectivity index (χ0v) is 8.55. The van der Waals surface area contributed by atoms with Gasteiger partial charge in [-0.3, -0.25) is 0 Å². The van der Waals surface area contributed by atoms with Crippen LogP contribution < -0.4 is 0 Å². The van der Waals surface area contributed by atoms with E-state index in [0.29, 0.717) is 4.68 Å². The first-order valence-corrected chi connectivity index (χ1v) is 4.53. The number of hydrogen-bond acceptors (Lipinski definition) is 5. The van der Waals surface area contributed by atoms with Gasteiger partial charge in [-0.25, -0.2) is 9.48 Å². The summed E-state index contributed by atoms with van der Waals surface area (Å²) >= 11 is 0. The molecule has 2 aromatic heterocycles. The molecule has 96 valence electrons. The van der Waals surface area contributed by atoms with Crippen LogP contribution in [-0.2, 0) is 12.7 Å². The Kier molecular flexibility index (Phi) is 2.77. The molecular formula is C8H5F3N4O3. The molecule has 1 N–H and O–H groups in total. The summed E-state index contributed by atoms with van der Waals surface area (Å²) in [5.74, 6) is -1.70. The summed E-state index contributed by atoms with van der Waals surface area (Å²) in [6.45, 7) is -0.408. The van der Waals surface area contributed by atoms with Gasteiger partial charge < -0.3 is 9.63 Å². The Morgan fingerprint density at radius 1 is 1.50 bits per heavy atom. The van der Waals surface area contributed by atoms with E-state index in [4.69, 9.17) is 5.11 Å². The van der Waals surface area contributed by atoms with E-state index in [-0.39, 0.29) is 5.76 Å². The summed E-state index contributed by atoms with van der Waals surface area (Å²) in [5.41, 5.74) is -2.59. The molecule has 0 unspecified atom stereocenters. The Hall–Kier alpha value is -2.39. The molecule has 0 amide bonds. The third kappa shape index (κ3) is 2.17. The number of rotatable bonds is 3. The van der Waals surface area contributed by atoms with E-state index >= 15 is 0 Å². The molecule has 0 radical (unpaired) electrons. The molecule has 7 nitrogen and oxygen atoms in total. The topological polar surface area (TPSA) is 94.0 Å². The van der Waals surface area contributed by atoms with Gasteiger partial charge in [0.25, 0.3) is 0 Å². The highest BCUT2D eigenvalue weighted by Gasteiger charge is 2.41. The standard InChI is InChI=1S/C8H5F3N4O3/c9-8(10,11)6-5(7(16)17)13-14-15(6)3-4-1-2-12-18-4/h1-2H,3H2,(H,16,17). The van der Waals surface area contributed by atoms with Gasteiger partial charge in [0.15, 0.2) is 11.5 Å². The van der Waals surface area contributed by atoms with Crippen LogP contribution in [0.5, 0.6) is 0 Å². The van der Waals surface area contributed by atoms with Gasteiger partial charge in [-0.2, -0.15) is 13.2 Å². The molecule has 0 atom stereocenters. The average Bonchev–Trinajstić information content (AvgIpc) is 2.85. The van der Waals surface area contributed by atoms with Gasteiger partial charge in [-0.05, 0) is 0 Å². The Morgan fingerprint density at radius 3 is 2.72 bits per heavy atom. The van der Waals surface area contributed by atoms with E-state index < -0.39 is 30.1 Å². The predicted octanol–water partition coefficient (Wildman–Crippen LogP) is 1.03. The molecule has 0 aromatic carbocycles. The zero-order chi connectivity index (χ0) is 13.3. The fourth-order valence-corrected chi connectivity index (χ4v) is 1.32. The monoisotopic (exact) mass is 262 g/mol. The van der Waals surface area contributed by atoms with Gasteiger partial charge in [0.2, 0.25) is 5.69 Å². The largest absolute Gasteiger partial charge is 0.476 e. The molecule has 2 heterocycles. The number of halogens is 3. The first-order chi connectivity index (χ1) is 8.39. The van der Waals surface area contributed by atoms with E-state index in [0.717, 1.165) is 0 Å². The van der Waals surface area contributed by atoms with Crippen molar-refractivity contribution in [3.8, 4) is 0 Å². The smallest absolute Gasteiger partial charge is 0.435 e. The summed E-state index contributed by atoms with van der Waals surface area (Å²) in [5, 5.41) is 18.1. The van der Waals surface area contributed by atoms with Crippen molar-refractivity contribution in [2.24, 2.45) is 0 Å². The summed E-state index contributed by atoms with van der Waals surface area (Å²) in [4.78, 5) is 10.6. The first-order valence-electron chi connectivity index (χ1n) is 4.53. The van der Waals surface area contributed by atoms with E-state index in [1.54, 1.807) is 0 Å². The van der Waals surface area contributed by atoms with Crippen molar-refractivity contribution >= 4 is 5.97 Å². The van der Waals surface area contributed by atoms with Crippen molar-refractivity contribution in [3.05, 3.63) is 29.4 Å². The minimum absolute atomic E-state index is 0.0994. The summed E-state index contributed by atoms with van der Waals surface area (Å²) in [6, 6.07) is 1.34. The number of nitrogens with zero attached hydrogens (tertiary/aromatic N) is 4. The molecule has 10 heteroatoms. The number of carboxylic acids is 1. The van der Waals surface area contributed by atoms with Gasteiger partial charge in [0, 0.05) is 6.07 Å². The Bertz CT molecular complexity index is 561. The minimum atomic E-state index is -4.88. The van der Waals surface area contributed by atoms with Gasteiger partial charge in [-0.15, -0.1) is 5.10 Å². The molecule has 0 saturated carbocycles. The maximum absolute atomic E-state index is 12.7. The Labute approximate surface area is 96.8 Å². The highest BCUT2D eigenvalue weighted by atomic mass is 19.4. The summed E-state index contributed by atoms with van der Waals surface area (Å²) < 4.78 is 43.2. The van der Waals surface area contributed by atoms with Gasteiger partial charge in [-0.1, -0.05) is 10.4 Å². The van der Waals surface area contributed by atoms with Crippen LogP contribution in [0, 0.1) is 0 Å². The quantitative estimate of drug-likeness (QED) is 0.887. The zero-order valence-electron chi connectivity index (χ0n) is 8.55. The SMILES string of the molecule is O=C(O)c1nnn(Cc2ccno2)c1C(F)(F)F. The third-order valence-electron chi connectivity index (χ3n) is 2.00. The van der Waals surface area contributed by atoms with Crippen LogP contribution >= 0.6 is 0 Å². The number of hydrogen-bond donors (Lipinski definition) is 1. The van der Waals surface area contributed by atoms with Crippen molar-refractivity contribution in [2.45, 2.75) is 12.7 Å². The number of carbonyl (C=O) groups is 1. The van der Waals surface area contributed by atoms with Crippen LogP contribution in [0.25, 0.3) is 0 Å². The molecule has 0 fully saturated rings. The third-order valence-corrected chi connectivity index (χ3v) is 2.00.